The van der Waals surface area contributed by atoms with Gasteiger partial charge in [-0.05, 0) is 61.6 Å². The molecular weight excluding hydrogens is 515 g/mol. The van der Waals surface area contributed by atoms with Crippen LogP contribution in [0.25, 0.3) is 11.1 Å². The van der Waals surface area contributed by atoms with Crippen LogP contribution >= 0.6 is 11.6 Å². The second-order valence-electron chi connectivity index (χ2n) is 8.85. The van der Waals surface area contributed by atoms with Crippen molar-refractivity contribution in [1.82, 2.24) is 26.0 Å². The van der Waals surface area contributed by atoms with Crippen LogP contribution in [0.1, 0.15) is 41.7 Å². The van der Waals surface area contributed by atoms with Crippen LogP contribution in [0.15, 0.2) is 48.7 Å². The summed E-state index contributed by atoms with van der Waals surface area (Å²) in [6.07, 6.45) is 2.71. The zero-order chi connectivity index (χ0) is 27.5. The maximum atomic E-state index is 14.3. The summed E-state index contributed by atoms with van der Waals surface area (Å²) in [5.74, 6) is -2.95. The van der Waals surface area contributed by atoms with Crippen LogP contribution < -0.4 is 16.4 Å². The number of aromatic nitrogens is 3. The molecule has 38 heavy (non-hydrogen) atoms. The molecule has 0 fully saturated rings. The summed E-state index contributed by atoms with van der Waals surface area (Å²) in [6, 6.07) is 10.8. The van der Waals surface area contributed by atoms with Crippen LogP contribution in [0.4, 0.5) is 4.39 Å². The van der Waals surface area contributed by atoms with Crippen LogP contribution in [0.3, 0.4) is 0 Å². The van der Waals surface area contributed by atoms with Gasteiger partial charge in [-0.25, -0.2) is 4.39 Å². The standard InChI is InChI=1S/C26H30ClFN6O4/c27-19-7-8-22(28)21(14-19)17-5-3-16(4-6-17)12-20(32-25(36)23-15-31-34-33-23)13-18(26(37)38)9-11-30-24(35)2-1-10-29/h3-8,14-15,18,20H,1-2,9-13,29H2,(H,30,35)(H,32,36)(H,37,38)(H,31,33,34)/t18-,20-/m1/s1. The number of nitrogens with one attached hydrogen (secondary N) is 3. The second-order valence-corrected chi connectivity index (χ2v) is 9.29. The number of nitrogens with zero attached hydrogens (tertiary/aromatic N) is 2. The topological polar surface area (TPSA) is 163 Å². The van der Waals surface area contributed by atoms with E-state index in [9.17, 15) is 23.9 Å². The summed E-state index contributed by atoms with van der Waals surface area (Å²) in [6.45, 7) is 0.581. The van der Waals surface area contributed by atoms with E-state index in [0.29, 0.717) is 35.5 Å². The molecular formula is C26H30ClFN6O4. The molecule has 1 heterocycles. The highest BCUT2D eigenvalue weighted by molar-refractivity contribution is 6.30. The third-order valence-electron chi connectivity index (χ3n) is 6.00. The van der Waals surface area contributed by atoms with Gasteiger partial charge in [-0.15, -0.1) is 0 Å². The number of carbonyl (C=O) groups excluding carboxylic acids is 2. The maximum Gasteiger partial charge on any atom is 0.306 e. The molecule has 3 rings (SSSR count). The summed E-state index contributed by atoms with van der Waals surface area (Å²) >= 11 is 6.01. The molecule has 3 aromatic rings. The Labute approximate surface area is 224 Å². The molecule has 2 atom stereocenters. The lowest BCUT2D eigenvalue weighted by Gasteiger charge is -2.22. The molecule has 202 valence electrons. The molecule has 0 saturated carbocycles. The Hall–Kier alpha value is -3.83. The lowest BCUT2D eigenvalue weighted by atomic mass is 9.92. The predicted octanol–water partition coefficient (Wildman–Crippen LogP) is 2.94. The summed E-state index contributed by atoms with van der Waals surface area (Å²) in [4.78, 5) is 36.5. The average Bonchev–Trinajstić information content (AvgIpc) is 3.44. The quantitative estimate of drug-likeness (QED) is 0.208. The number of aromatic amines is 1. The number of carbonyl (C=O) groups is 3. The molecule has 10 nitrogen and oxygen atoms in total. The number of carboxylic acid groups (broad SMARTS) is 1. The van der Waals surface area contributed by atoms with E-state index in [1.54, 1.807) is 30.3 Å². The van der Waals surface area contributed by atoms with E-state index in [1.165, 1.54) is 18.3 Å². The largest absolute Gasteiger partial charge is 0.481 e. The number of nitrogens with two attached hydrogens (primary N) is 1. The van der Waals surface area contributed by atoms with Gasteiger partial charge in [0, 0.05) is 29.6 Å². The number of carboxylic acids is 1. The van der Waals surface area contributed by atoms with Crippen LogP contribution in [0, 0.1) is 11.7 Å². The molecule has 12 heteroatoms. The van der Waals surface area contributed by atoms with E-state index >= 15 is 0 Å². The summed E-state index contributed by atoms with van der Waals surface area (Å²) in [7, 11) is 0. The van der Waals surface area contributed by atoms with Gasteiger partial charge in [-0.2, -0.15) is 15.4 Å². The molecule has 0 aliphatic rings. The lowest BCUT2D eigenvalue weighted by molar-refractivity contribution is -0.142. The number of hydrogen-bond acceptors (Lipinski definition) is 6. The molecule has 0 bridgehead atoms. The first-order chi connectivity index (χ1) is 18.3. The maximum absolute atomic E-state index is 14.3. The Morgan fingerprint density at radius 3 is 2.58 bits per heavy atom. The Morgan fingerprint density at radius 1 is 1.16 bits per heavy atom. The predicted molar refractivity (Wildman–Crippen MR) is 140 cm³/mol. The van der Waals surface area contributed by atoms with Crippen molar-refractivity contribution >= 4 is 29.4 Å². The number of halogens is 2. The molecule has 0 radical (unpaired) electrons. The fourth-order valence-corrected chi connectivity index (χ4v) is 4.18. The van der Waals surface area contributed by atoms with Crippen molar-refractivity contribution in [2.75, 3.05) is 13.1 Å². The zero-order valence-corrected chi connectivity index (χ0v) is 21.4. The van der Waals surface area contributed by atoms with Gasteiger partial charge < -0.3 is 21.5 Å². The first-order valence-electron chi connectivity index (χ1n) is 12.2. The molecule has 0 unspecified atom stereocenters. The van der Waals surface area contributed by atoms with Crippen LogP contribution in [0.5, 0.6) is 0 Å². The fourth-order valence-electron chi connectivity index (χ4n) is 4.01. The Morgan fingerprint density at radius 2 is 1.92 bits per heavy atom. The van der Waals surface area contributed by atoms with E-state index in [2.05, 4.69) is 26.0 Å². The molecule has 6 N–H and O–H groups in total. The van der Waals surface area contributed by atoms with Gasteiger partial charge in [0.1, 0.15) is 5.82 Å². The van der Waals surface area contributed by atoms with Crippen molar-refractivity contribution in [2.24, 2.45) is 11.7 Å². The van der Waals surface area contributed by atoms with Crippen molar-refractivity contribution in [1.29, 1.82) is 0 Å². The molecule has 0 aliphatic heterocycles. The van der Waals surface area contributed by atoms with Gasteiger partial charge in [-0.3, -0.25) is 14.4 Å². The molecule has 0 saturated heterocycles. The van der Waals surface area contributed by atoms with Crippen LogP contribution in [-0.4, -0.2) is 57.4 Å². The summed E-state index contributed by atoms with van der Waals surface area (Å²) in [5, 5.41) is 25.6. The van der Waals surface area contributed by atoms with Gasteiger partial charge in [0.2, 0.25) is 5.91 Å². The number of rotatable bonds is 14. The number of amides is 2. The fraction of sp³-hybridized carbons (Fsp3) is 0.346. The first-order valence-corrected chi connectivity index (χ1v) is 12.5. The number of aliphatic carboxylic acids is 1. The second kappa shape index (κ2) is 14.2. The van der Waals surface area contributed by atoms with Gasteiger partial charge in [0.05, 0.1) is 12.1 Å². The zero-order valence-electron chi connectivity index (χ0n) is 20.6. The third kappa shape index (κ3) is 8.63. The highest BCUT2D eigenvalue weighted by Crippen LogP contribution is 2.27. The monoisotopic (exact) mass is 544 g/mol. The average molecular weight is 545 g/mol. The van der Waals surface area contributed by atoms with E-state index in [0.717, 1.165) is 5.56 Å². The normalized spacial score (nSPS) is 12.5. The van der Waals surface area contributed by atoms with E-state index in [1.807, 2.05) is 0 Å². The van der Waals surface area contributed by atoms with Crippen molar-refractivity contribution in [3.63, 3.8) is 0 Å². The van der Waals surface area contributed by atoms with Crippen molar-refractivity contribution < 1.29 is 23.9 Å². The van der Waals surface area contributed by atoms with Gasteiger partial charge in [0.15, 0.2) is 5.69 Å². The molecule has 1 aromatic heterocycles. The van der Waals surface area contributed by atoms with Gasteiger partial charge >= 0.3 is 5.97 Å². The van der Waals surface area contributed by atoms with Crippen molar-refractivity contribution in [3.05, 3.63) is 70.8 Å². The molecule has 2 amide bonds. The number of benzene rings is 2. The Kier molecular flexibility index (Phi) is 10.7. The highest BCUT2D eigenvalue weighted by atomic mass is 35.5. The van der Waals surface area contributed by atoms with E-state index < -0.39 is 29.7 Å². The molecule has 0 spiro atoms. The van der Waals surface area contributed by atoms with E-state index in [-0.39, 0.29) is 37.4 Å². The third-order valence-corrected chi connectivity index (χ3v) is 6.23. The van der Waals surface area contributed by atoms with Crippen LogP contribution in [0.2, 0.25) is 5.02 Å². The smallest absolute Gasteiger partial charge is 0.306 e. The minimum atomic E-state index is -1.03. The minimum Gasteiger partial charge on any atom is -0.481 e. The van der Waals surface area contributed by atoms with Crippen molar-refractivity contribution in [3.8, 4) is 11.1 Å². The summed E-state index contributed by atoms with van der Waals surface area (Å²) < 4.78 is 14.3. The van der Waals surface area contributed by atoms with Crippen LogP contribution in [-0.2, 0) is 16.0 Å². The SMILES string of the molecule is NCCCC(=O)NCC[C@H](C[C@@H](Cc1ccc(-c2cc(Cl)ccc2F)cc1)NC(=O)c1cn[nH]n1)C(=O)O. The lowest BCUT2D eigenvalue weighted by Crippen LogP contribution is -2.40. The van der Waals surface area contributed by atoms with Crippen molar-refractivity contribution in [2.45, 2.75) is 38.1 Å². The first kappa shape index (κ1) is 28.7. The highest BCUT2D eigenvalue weighted by Gasteiger charge is 2.25. The number of hydrogen-bond donors (Lipinski definition) is 5. The number of H-pyrrole nitrogens is 1. The minimum absolute atomic E-state index is 0.0702. The van der Waals surface area contributed by atoms with E-state index in [4.69, 9.17) is 17.3 Å². The van der Waals surface area contributed by atoms with Gasteiger partial charge in [0.25, 0.3) is 5.91 Å². The molecule has 0 aliphatic carbocycles. The van der Waals surface area contributed by atoms with Gasteiger partial charge in [-0.1, -0.05) is 35.9 Å². The summed E-state index contributed by atoms with van der Waals surface area (Å²) in [5.41, 5.74) is 7.28. The molecule has 2 aromatic carbocycles. The Bertz CT molecular complexity index is 1220. The Balaban J connectivity index is 1.72.